The first-order valence-electron chi connectivity index (χ1n) is 5.63. The van der Waals surface area contributed by atoms with E-state index in [4.69, 9.17) is 34.3 Å². The molecule has 2 rings (SSSR count). The highest BCUT2D eigenvalue weighted by Crippen LogP contribution is 2.22. The van der Waals surface area contributed by atoms with Crippen molar-refractivity contribution in [3.63, 3.8) is 0 Å². The fourth-order valence-corrected chi connectivity index (χ4v) is 1.90. The smallest absolute Gasteiger partial charge is 0.142 e. The summed E-state index contributed by atoms with van der Waals surface area (Å²) in [6.45, 7) is 0.0926. The first-order chi connectivity index (χ1) is 9.45. The molecule has 2 N–H and O–H groups in total. The molecule has 0 aliphatic rings. The SMILES string of the molecule is NC(=S)c1cc(F)cc(COc2ccc(F)c(Cl)c2)c1. The number of hydrogen-bond donors (Lipinski definition) is 1. The predicted octanol–water partition coefficient (Wildman–Crippen LogP) is 3.83. The molecular formula is C14H10ClF2NOS. The highest BCUT2D eigenvalue weighted by atomic mass is 35.5. The van der Waals surface area contributed by atoms with Crippen LogP contribution in [0.5, 0.6) is 5.75 Å². The fraction of sp³-hybridized carbons (Fsp3) is 0.0714. The third-order valence-electron chi connectivity index (χ3n) is 2.54. The van der Waals surface area contributed by atoms with Crippen molar-refractivity contribution in [3.8, 4) is 5.75 Å². The maximum absolute atomic E-state index is 13.4. The van der Waals surface area contributed by atoms with E-state index in [0.717, 1.165) is 0 Å². The zero-order chi connectivity index (χ0) is 14.7. The van der Waals surface area contributed by atoms with Gasteiger partial charge in [-0.2, -0.15) is 0 Å². The van der Waals surface area contributed by atoms with Crippen LogP contribution in [0.15, 0.2) is 36.4 Å². The Hall–Kier alpha value is -1.72. The fourth-order valence-electron chi connectivity index (χ4n) is 1.61. The number of ether oxygens (including phenoxy) is 1. The quantitative estimate of drug-likeness (QED) is 0.871. The van der Waals surface area contributed by atoms with Crippen molar-refractivity contribution in [1.82, 2.24) is 0 Å². The van der Waals surface area contributed by atoms with Gasteiger partial charge in [-0.1, -0.05) is 23.8 Å². The molecule has 0 atom stereocenters. The van der Waals surface area contributed by atoms with E-state index in [1.54, 1.807) is 6.07 Å². The van der Waals surface area contributed by atoms with Crippen LogP contribution in [0.1, 0.15) is 11.1 Å². The lowest BCUT2D eigenvalue weighted by atomic mass is 10.1. The molecular weight excluding hydrogens is 304 g/mol. The second-order valence-corrected chi connectivity index (χ2v) is 4.92. The molecule has 0 aromatic heterocycles. The Labute approximate surface area is 125 Å². The Kier molecular flexibility index (Phi) is 4.52. The number of hydrogen-bond acceptors (Lipinski definition) is 2. The van der Waals surface area contributed by atoms with Crippen molar-refractivity contribution in [2.75, 3.05) is 0 Å². The summed E-state index contributed by atoms with van der Waals surface area (Å²) in [5, 5.41) is -0.0365. The minimum absolute atomic E-state index is 0.0365. The van der Waals surface area contributed by atoms with Crippen LogP contribution in [-0.4, -0.2) is 4.99 Å². The van der Waals surface area contributed by atoms with Crippen LogP contribution in [0.2, 0.25) is 5.02 Å². The molecule has 104 valence electrons. The van der Waals surface area contributed by atoms with Crippen LogP contribution >= 0.6 is 23.8 Å². The highest BCUT2D eigenvalue weighted by molar-refractivity contribution is 7.80. The third kappa shape index (κ3) is 3.65. The third-order valence-corrected chi connectivity index (χ3v) is 3.06. The number of halogens is 3. The van der Waals surface area contributed by atoms with Crippen molar-refractivity contribution in [2.24, 2.45) is 5.73 Å². The van der Waals surface area contributed by atoms with E-state index in [-0.39, 0.29) is 16.6 Å². The van der Waals surface area contributed by atoms with E-state index in [1.807, 2.05) is 0 Å². The van der Waals surface area contributed by atoms with E-state index in [0.29, 0.717) is 16.9 Å². The van der Waals surface area contributed by atoms with Gasteiger partial charge in [-0.15, -0.1) is 0 Å². The Bertz CT molecular complexity index is 664. The topological polar surface area (TPSA) is 35.2 Å². The molecule has 2 nitrogen and oxygen atoms in total. The van der Waals surface area contributed by atoms with Gasteiger partial charge in [0.1, 0.15) is 29.0 Å². The van der Waals surface area contributed by atoms with E-state index in [2.05, 4.69) is 0 Å². The minimum Gasteiger partial charge on any atom is -0.489 e. The summed E-state index contributed by atoms with van der Waals surface area (Å²) in [4.78, 5) is 0.107. The van der Waals surface area contributed by atoms with E-state index in [9.17, 15) is 8.78 Å². The average Bonchev–Trinajstić information content (AvgIpc) is 2.39. The summed E-state index contributed by atoms with van der Waals surface area (Å²) >= 11 is 10.4. The largest absolute Gasteiger partial charge is 0.489 e. The summed E-state index contributed by atoms with van der Waals surface area (Å²) < 4.78 is 31.8. The lowest BCUT2D eigenvalue weighted by molar-refractivity contribution is 0.305. The molecule has 0 fully saturated rings. The molecule has 2 aromatic carbocycles. The van der Waals surface area contributed by atoms with E-state index < -0.39 is 11.6 Å². The van der Waals surface area contributed by atoms with Gasteiger partial charge in [-0.05, 0) is 35.9 Å². The number of rotatable bonds is 4. The second kappa shape index (κ2) is 6.15. The van der Waals surface area contributed by atoms with Crippen LogP contribution in [0.3, 0.4) is 0 Å². The molecule has 0 heterocycles. The van der Waals surface area contributed by atoms with Gasteiger partial charge < -0.3 is 10.5 Å². The Morgan fingerprint density at radius 2 is 1.95 bits per heavy atom. The molecule has 0 saturated heterocycles. The summed E-state index contributed by atoms with van der Waals surface area (Å²) in [5.41, 5.74) is 6.45. The van der Waals surface area contributed by atoms with Gasteiger partial charge in [0.15, 0.2) is 0 Å². The van der Waals surface area contributed by atoms with Crippen molar-refractivity contribution in [2.45, 2.75) is 6.61 Å². The predicted molar refractivity (Wildman–Crippen MR) is 78.0 cm³/mol. The van der Waals surface area contributed by atoms with Gasteiger partial charge in [0.2, 0.25) is 0 Å². The lowest BCUT2D eigenvalue weighted by Gasteiger charge is -2.08. The van der Waals surface area contributed by atoms with Crippen LogP contribution in [0.4, 0.5) is 8.78 Å². The molecule has 0 amide bonds. The number of thiocarbonyl (C=S) groups is 1. The molecule has 0 radical (unpaired) electrons. The number of benzene rings is 2. The van der Waals surface area contributed by atoms with E-state index >= 15 is 0 Å². The molecule has 0 spiro atoms. The molecule has 2 aromatic rings. The van der Waals surface area contributed by atoms with Crippen LogP contribution in [-0.2, 0) is 6.61 Å². The first-order valence-corrected chi connectivity index (χ1v) is 6.41. The average molecular weight is 314 g/mol. The molecule has 6 heteroatoms. The van der Waals surface area contributed by atoms with Crippen LogP contribution in [0.25, 0.3) is 0 Å². The highest BCUT2D eigenvalue weighted by Gasteiger charge is 2.05. The zero-order valence-electron chi connectivity index (χ0n) is 10.2. The normalized spacial score (nSPS) is 10.3. The van der Waals surface area contributed by atoms with Crippen molar-refractivity contribution in [1.29, 1.82) is 0 Å². The maximum Gasteiger partial charge on any atom is 0.142 e. The number of nitrogens with two attached hydrogens (primary N) is 1. The molecule has 0 bridgehead atoms. The second-order valence-electron chi connectivity index (χ2n) is 4.08. The van der Waals surface area contributed by atoms with Crippen LogP contribution in [0, 0.1) is 11.6 Å². The molecule has 0 saturated carbocycles. The lowest BCUT2D eigenvalue weighted by Crippen LogP contribution is -2.10. The van der Waals surface area contributed by atoms with Gasteiger partial charge in [-0.3, -0.25) is 0 Å². The van der Waals surface area contributed by atoms with Crippen molar-refractivity contribution < 1.29 is 13.5 Å². The Morgan fingerprint density at radius 3 is 2.60 bits per heavy atom. The Morgan fingerprint density at radius 1 is 1.20 bits per heavy atom. The molecule has 0 unspecified atom stereocenters. The van der Waals surface area contributed by atoms with E-state index in [1.165, 1.54) is 30.3 Å². The maximum atomic E-state index is 13.4. The summed E-state index contributed by atoms with van der Waals surface area (Å²) in [5.74, 6) is -0.593. The monoisotopic (exact) mass is 313 g/mol. The minimum atomic E-state index is -0.527. The van der Waals surface area contributed by atoms with Crippen molar-refractivity contribution in [3.05, 3.63) is 64.2 Å². The van der Waals surface area contributed by atoms with Gasteiger partial charge in [-0.25, -0.2) is 8.78 Å². The van der Waals surface area contributed by atoms with Gasteiger partial charge in [0.25, 0.3) is 0 Å². The molecule has 0 aliphatic carbocycles. The summed E-state index contributed by atoms with van der Waals surface area (Å²) in [6.07, 6.45) is 0. The van der Waals surface area contributed by atoms with Gasteiger partial charge >= 0.3 is 0 Å². The zero-order valence-corrected chi connectivity index (χ0v) is 11.8. The summed E-state index contributed by atoms with van der Waals surface area (Å²) in [6, 6.07) is 8.19. The molecule has 20 heavy (non-hydrogen) atoms. The van der Waals surface area contributed by atoms with Crippen LogP contribution < -0.4 is 10.5 Å². The van der Waals surface area contributed by atoms with Gasteiger partial charge in [0.05, 0.1) is 5.02 Å². The summed E-state index contributed by atoms with van der Waals surface area (Å²) in [7, 11) is 0. The first kappa shape index (κ1) is 14.7. The van der Waals surface area contributed by atoms with Gasteiger partial charge in [0, 0.05) is 11.6 Å². The van der Waals surface area contributed by atoms with Crippen molar-refractivity contribution >= 4 is 28.8 Å². The standard InChI is InChI=1S/C14H10ClF2NOS/c15-12-6-11(1-2-13(12)17)19-7-8-3-9(14(18)20)5-10(16)4-8/h1-6H,7H2,(H2,18,20). The molecule has 0 aliphatic heterocycles. The Balaban J connectivity index is 2.14.